The largest absolute Gasteiger partial charge is 0.310 e. The van der Waals surface area contributed by atoms with E-state index in [-0.39, 0.29) is 0 Å². The zero-order chi connectivity index (χ0) is 10.7. The maximum atomic E-state index is 3.65. The van der Waals surface area contributed by atoms with Crippen molar-refractivity contribution < 1.29 is 0 Å². The Kier molecular flexibility index (Phi) is 3.42. The zero-order valence-electron chi connectivity index (χ0n) is 9.79. The van der Waals surface area contributed by atoms with E-state index in [0.717, 1.165) is 12.5 Å². The van der Waals surface area contributed by atoms with Crippen molar-refractivity contribution in [3.05, 3.63) is 35.4 Å². The zero-order valence-corrected chi connectivity index (χ0v) is 9.79. The van der Waals surface area contributed by atoms with E-state index >= 15 is 0 Å². The van der Waals surface area contributed by atoms with Gasteiger partial charge in [0.05, 0.1) is 0 Å². The molecule has 0 spiro atoms. The molecule has 0 amide bonds. The van der Waals surface area contributed by atoms with Gasteiger partial charge in [0.2, 0.25) is 0 Å². The topological polar surface area (TPSA) is 12.0 Å². The van der Waals surface area contributed by atoms with Crippen LogP contribution in [0.1, 0.15) is 56.2 Å². The second kappa shape index (κ2) is 4.80. The summed E-state index contributed by atoms with van der Waals surface area (Å²) < 4.78 is 0. The molecule has 1 aromatic carbocycles. The molecule has 1 heteroatoms. The van der Waals surface area contributed by atoms with Crippen LogP contribution in [-0.2, 0) is 0 Å². The van der Waals surface area contributed by atoms with Crippen LogP contribution in [0.2, 0.25) is 0 Å². The first-order valence-corrected chi connectivity index (χ1v) is 6.15. The van der Waals surface area contributed by atoms with E-state index < -0.39 is 0 Å². The second-order valence-electron chi connectivity index (χ2n) is 4.61. The molecule has 0 aliphatic heterocycles. The normalized spacial score (nSPS) is 24.9. The lowest BCUT2D eigenvalue weighted by molar-refractivity contribution is 0.433. The van der Waals surface area contributed by atoms with Crippen LogP contribution in [-0.4, -0.2) is 6.54 Å². The van der Waals surface area contributed by atoms with E-state index in [0.29, 0.717) is 6.04 Å². The molecule has 1 aliphatic carbocycles. The van der Waals surface area contributed by atoms with E-state index in [1.165, 1.54) is 24.8 Å². The van der Waals surface area contributed by atoms with Gasteiger partial charge in [0.25, 0.3) is 0 Å². The highest BCUT2D eigenvalue weighted by Gasteiger charge is 2.23. The third-order valence-electron chi connectivity index (χ3n) is 3.43. The highest BCUT2D eigenvalue weighted by atomic mass is 14.9. The fourth-order valence-corrected chi connectivity index (χ4v) is 2.54. The van der Waals surface area contributed by atoms with Crippen LogP contribution in [0.4, 0.5) is 0 Å². The molecule has 0 fully saturated rings. The lowest BCUT2D eigenvalue weighted by Crippen LogP contribution is -2.26. The van der Waals surface area contributed by atoms with Gasteiger partial charge in [-0.2, -0.15) is 0 Å². The second-order valence-corrected chi connectivity index (χ2v) is 4.61. The van der Waals surface area contributed by atoms with E-state index in [2.05, 4.69) is 43.4 Å². The van der Waals surface area contributed by atoms with Gasteiger partial charge in [-0.3, -0.25) is 0 Å². The SMILES string of the molecule is CCCN[C@H]1CC[C@@H](C)c2ccccc21. The molecule has 1 nitrogen and oxygen atoms in total. The van der Waals surface area contributed by atoms with Crippen molar-refractivity contribution in [3.63, 3.8) is 0 Å². The Balaban J connectivity index is 2.20. The van der Waals surface area contributed by atoms with Crippen LogP contribution < -0.4 is 5.32 Å². The van der Waals surface area contributed by atoms with Crippen molar-refractivity contribution in [2.45, 2.75) is 45.1 Å². The third kappa shape index (κ3) is 2.23. The summed E-state index contributed by atoms with van der Waals surface area (Å²) >= 11 is 0. The molecule has 15 heavy (non-hydrogen) atoms. The van der Waals surface area contributed by atoms with Crippen molar-refractivity contribution in [1.29, 1.82) is 0 Å². The van der Waals surface area contributed by atoms with Gasteiger partial charge in [0, 0.05) is 6.04 Å². The molecule has 0 unspecified atom stereocenters. The average Bonchev–Trinajstić information content (AvgIpc) is 2.29. The summed E-state index contributed by atoms with van der Waals surface area (Å²) in [5, 5.41) is 3.65. The van der Waals surface area contributed by atoms with Crippen LogP contribution in [0.5, 0.6) is 0 Å². The van der Waals surface area contributed by atoms with Gasteiger partial charge in [-0.05, 0) is 42.9 Å². The lowest BCUT2D eigenvalue weighted by atomic mass is 9.81. The molecule has 82 valence electrons. The maximum Gasteiger partial charge on any atom is 0.0323 e. The van der Waals surface area contributed by atoms with Crippen molar-refractivity contribution in [1.82, 2.24) is 5.32 Å². The fourth-order valence-electron chi connectivity index (χ4n) is 2.54. The van der Waals surface area contributed by atoms with Crippen molar-refractivity contribution >= 4 is 0 Å². The Morgan fingerprint density at radius 2 is 1.93 bits per heavy atom. The summed E-state index contributed by atoms with van der Waals surface area (Å²) in [6, 6.07) is 9.50. The molecule has 0 saturated carbocycles. The van der Waals surface area contributed by atoms with Gasteiger partial charge in [-0.25, -0.2) is 0 Å². The minimum atomic E-state index is 0.595. The van der Waals surface area contributed by atoms with Crippen LogP contribution >= 0.6 is 0 Å². The number of nitrogens with one attached hydrogen (secondary N) is 1. The Bertz CT molecular complexity index is 319. The summed E-state index contributed by atoms with van der Waals surface area (Å²) in [5.74, 6) is 0.737. The first-order valence-electron chi connectivity index (χ1n) is 6.15. The highest BCUT2D eigenvalue weighted by molar-refractivity contribution is 5.34. The van der Waals surface area contributed by atoms with Gasteiger partial charge in [0.1, 0.15) is 0 Å². The molecule has 0 radical (unpaired) electrons. The van der Waals surface area contributed by atoms with Gasteiger partial charge in [-0.1, -0.05) is 38.1 Å². The number of hydrogen-bond acceptors (Lipinski definition) is 1. The molecule has 2 atom stereocenters. The lowest BCUT2D eigenvalue weighted by Gasteiger charge is -2.30. The Labute approximate surface area is 92.9 Å². The summed E-state index contributed by atoms with van der Waals surface area (Å²) in [7, 11) is 0. The molecule has 0 saturated heterocycles. The minimum Gasteiger partial charge on any atom is -0.310 e. The summed E-state index contributed by atoms with van der Waals surface area (Å²) in [6.45, 7) is 5.70. The summed E-state index contributed by atoms with van der Waals surface area (Å²) in [6.07, 6.45) is 3.82. The Hall–Kier alpha value is -0.820. The predicted octanol–water partition coefficient (Wildman–Crippen LogP) is 3.62. The van der Waals surface area contributed by atoms with Crippen LogP contribution in [0, 0.1) is 0 Å². The molecular formula is C14H21N. The first kappa shape index (κ1) is 10.7. The van der Waals surface area contributed by atoms with Gasteiger partial charge in [-0.15, -0.1) is 0 Å². The molecule has 0 heterocycles. The van der Waals surface area contributed by atoms with E-state index in [4.69, 9.17) is 0 Å². The summed E-state index contributed by atoms with van der Waals surface area (Å²) in [5.41, 5.74) is 3.09. The molecular weight excluding hydrogens is 182 g/mol. The Morgan fingerprint density at radius 3 is 2.67 bits per heavy atom. The van der Waals surface area contributed by atoms with Crippen LogP contribution in [0.25, 0.3) is 0 Å². The minimum absolute atomic E-state index is 0.595. The van der Waals surface area contributed by atoms with E-state index in [9.17, 15) is 0 Å². The van der Waals surface area contributed by atoms with E-state index in [1.54, 1.807) is 5.56 Å². The predicted molar refractivity (Wildman–Crippen MR) is 65.1 cm³/mol. The van der Waals surface area contributed by atoms with Gasteiger partial charge >= 0.3 is 0 Å². The van der Waals surface area contributed by atoms with Crippen LogP contribution in [0.15, 0.2) is 24.3 Å². The monoisotopic (exact) mass is 203 g/mol. The van der Waals surface area contributed by atoms with Crippen molar-refractivity contribution in [2.24, 2.45) is 0 Å². The number of hydrogen-bond donors (Lipinski definition) is 1. The smallest absolute Gasteiger partial charge is 0.0323 e. The van der Waals surface area contributed by atoms with Crippen molar-refractivity contribution in [3.8, 4) is 0 Å². The van der Waals surface area contributed by atoms with Crippen LogP contribution in [0.3, 0.4) is 0 Å². The maximum absolute atomic E-state index is 3.65. The number of rotatable bonds is 3. The molecule has 1 aliphatic rings. The number of fused-ring (bicyclic) bond motifs is 1. The van der Waals surface area contributed by atoms with E-state index in [1.807, 2.05) is 0 Å². The molecule has 0 bridgehead atoms. The third-order valence-corrected chi connectivity index (χ3v) is 3.43. The Morgan fingerprint density at radius 1 is 1.20 bits per heavy atom. The van der Waals surface area contributed by atoms with Crippen molar-refractivity contribution in [2.75, 3.05) is 6.54 Å². The molecule has 1 aromatic rings. The first-order chi connectivity index (χ1) is 7.33. The summed E-state index contributed by atoms with van der Waals surface area (Å²) in [4.78, 5) is 0. The molecule has 1 N–H and O–H groups in total. The standard InChI is InChI=1S/C14H21N/c1-3-10-15-14-9-8-11(2)12-6-4-5-7-13(12)14/h4-7,11,14-15H,3,8-10H2,1-2H3/t11-,14+/m1/s1. The quantitative estimate of drug-likeness (QED) is 0.791. The highest BCUT2D eigenvalue weighted by Crippen LogP contribution is 2.36. The number of benzene rings is 1. The molecule has 0 aromatic heterocycles. The fraction of sp³-hybridized carbons (Fsp3) is 0.571. The average molecular weight is 203 g/mol. The van der Waals surface area contributed by atoms with Gasteiger partial charge in [0.15, 0.2) is 0 Å². The van der Waals surface area contributed by atoms with Gasteiger partial charge < -0.3 is 5.32 Å². The molecule has 2 rings (SSSR count).